The second-order valence-electron chi connectivity index (χ2n) is 3.20. The van der Waals surface area contributed by atoms with Crippen molar-refractivity contribution in [2.45, 2.75) is 19.8 Å². The Labute approximate surface area is 87.3 Å². The van der Waals surface area contributed by atoms with Gasteiger partial charge in [-0.3, -0.25) is 0 Å². The number of hydrogen-bond acceptors (Lipinski definition) is 4. The molecular formula is C10H12N4O. The fourth-order valence-electron chi connectivity index (χ4n) is 1.13. The molecule has 0 aliphatic rings. The quantitative estimate of drug-likeness (QED) is 0.769. The molecule has 0 spiro atoms. The number of anilines is 1. The number of H-pyrrole nitrogens is 1. The van der Waals surface area contributed by atoms with Crippen LogP contribution in [0, 0.1) is 11.3 Å². The van der Waals surface area contributed by atoms with Crippen molar-refractivity contribution < 1.29 is 0 Å². The van der Waals surface area contributed by atoms with Gasteiger partial charge >= 0.3 is 5.69 Å². The molecule has 0 aliphatic carbocycles. The van der Waals surface area contributed by atoms with Crippen molar-refractivity contribution in [1.82, 2.24) is 9.97 Å². The summed E-state index contributed by atoms with van der Waals surface area (Å²) in [5.41, 5.74) is 6.80. The van der Waals surface area contributed by atoms with Gasteiger partial charge in [0.25, 0.3) is 0 Å². The molecule has 3 N–H and O–H groups in total. The number of nitrogens with one attached hydrogen (secondary N) is 1. The number of nitrogens with two attached hydrogens (primary N) is 1. The Morgan fingerprint density at radius 3 is 3.13 bits per heavy atom. The summed E-state index contributed by atoms with van der Waals surface area (Å²) in [6.45, 7) is 1.90. The maximum absolute atomic E-state index is 10.8. The number of nitrogens with zero attached hydrogens (tertiary/aromatic N) is 2. The van der Waals surface area contributed by atoms with E-state index in [4.69, 9.17) is 11.0 Å². The number of rotatable bonds is 3. The van der Waals surface area contributed by atoms with Gasteiger partial charge in [-0.25, -0.2) is 4.79 Å². The van der Waals surface area contributed by atoms with Gasteiger partial charge in [0.15, 0.2) is 0 Å². The third-order valence-corrected chi connectivity index (χ3v) is 1.90. The first kappa shape index (κ1) is 11.0. The molecule has 0 radical (unpaired) electrons. The lowest BCUT2D eigenvalue weighted by Crippen LogP contribution is -2.12. The molecule has 0 atom stereocenters. The predicted octanol–water partition coefficient (Wildman–Crippen LogP) is 1.06. The summed E-state index contributed by atoms with van der Waals surface area (Å²) in [5, 5.41) is 8.41. The highest BCUT2D eigenvalue weighted by molar-refractivity contribution is 5.61. The van der Waals surface area contributed by atoms with Crippen LogP contribution in [0.5, 0.6) is 0 Å². The maximum atomic E-state index is 10.8. The molecule has 0 unspecified atom stereocenters. The van der Waals surface area contributed by atoms with Gasteiger partial charge in [-0.05, 0) is 13.3 Å². The summed E-state index contributed by atoms with van der Waals surface area (Å²) < 4.78 is 0. The summed E-state index contributed by atoms with van der Waals surface area (Å²) >= 11 is 0. The molecular weight excluding hydrogens is 192 g/mol. The molecule has 1 aromatic heterocycles. The summed E-state index contributed by atoms with van der Waals surface area (Å²) in [6.07, 6.45) is 4.49. The van der Waals surface area contributed by atoms with Crippen LogP contribution in [0.15, 0.2) is 16.6 Å². The maximum Gasteiger partial charge on any atom is 0.346 e. The van der Waals surface area contributed by atoms with Crippen LogP contribution >= 0.6 is 0 Å². The zero-order chi connectivity index (χ0) is 11.3. The van der Waals surface area contributed by atoms with Gasteiger partial charge in [-0.15, -0.1) is 0 Å². The molecule has 78 valence electrons. The van der Waals surface area contributed by atoms with Crippen molar-refractivity contribution in [3.05, 3.63) is 27.8 Å². The van der Waals surface area contributed by atoms with Gasteiger partial charge in [0, 0.05) is 18.2 Å². The minimum Gasteiger partial charge on any atom is -0.383 e. The fourth-order valence-corrected chi connectivity index (χ4v) is 1.13. The standard InChI is InChI=1S/C10H12N4O/c1-7(3-2-4-11)5-8-6-13-10(15)14-9(8)12/h5-6H,2-3H2,1H3,(H3,12,13,14,15). The first-order valence-corrected chi connectivity index (χ1v) is 4.53. The van der Waals surface area contributed by atoms with Crippen molar-refractivity contribution in [2.75, 3.05) is 5.73 Å². The van der Waals surface area contributed by atoms with Crippen LogP contribution < -0.4 is 11.4 Å². The molecule has 0 aliphatic heterocycles. The zero-order valence-corrected chi connectivity index (χ0v) is 8.45. The third kappa shape index (κ3) is 3.27. The van der Waals surface area contributed by atoms with Crippen molar-refractivity contribution in [1.29, 1.82) is 5.26 Å². The summed E-state index contributed by atoms with van der Waals surface area (Å²) in [7, 11) is 0. The molecule has 0 fully saturated rings. The molecule has 0 aromatic carbocycles. The lowest BCUT2D eigenvalue weighted by Gasteiger charge is -2.00. The second kappa shape index (κ2) is 4.96. The smallest absolute Gasteiger partial charge is 0.346 e. The average molecular weight is 204 g/mol. The van der Waals surface area contributed by atoms with Gasteiger partial charge < -0.3 is 10.7 Å². The molecule has 1 rings (SSSR count). The van der Waals surface area contributed by atoms with Crippen LogP contribution in [-0.2, 0) is 0 Å². The summed E-state index contributed by atoms with van der Waals surface area (Å²) in [4.78, 5) is 16.8. The normalized spacial score (nSPS) is 11.1. The predicted molar refractivity (Wildman–Crippen MR) is 57.8 cm³/mol. The second-order valence-corrected chi connectivity index (χ2v) is 3.20. The first-order valence-electron chi connectivity index (χ1n) is 4.53. The molecule has 0 amide bonds. The lowest BCUT2D eigenvalue weighted by atomic mass is 10.1. The largest absolute Gasteiger partial charge is 0.383 e. The van der Waals surface area contributed by atoms with Crippen LogP contribution in [0.1, 0.15) is 25.3 Å². The molecule has 1 aromatic rings. The number of aromatic amines is 1. The van der Waals surface area contributed by atoms with E-state index >= 15 is 0 Å². The number of nitriles is 1. The number of aromatic nitrogens is 2. The molecule has 0 bridgehead atoms. The van der Waals surface area contributed by atoms with Crippen LogP contribution in [0.4, 0.5) is 5.82 Å². The average Bonchev–Trinajstić information content (AvgIpc) is 2.19. The molecule has 1 heterocycles. The first-order chi connectivity index (χ1) is 7.13. The van der Waals surface area contributed by atoms with Crippen LogP contribution in [0.3, 0.4) is 0 Å². The SMILES string of the molecule is CC(=Cc1c[nH]c(=O)nc1N)CCC#N. The topological polar surface area (TPSA) is 95.6 Å². The summed E-state index contributed by atoms with van der Waals surface area (Å²) in [6, 6.07) is 2.06. The Bertz CT molecular complexity index is 467. The van der Waals surface area contributed by atoms with Crippen LogP contribution in [0.2, 0.25) is 0 Å². The van der Waals surface area contributed by atoms with E-state index in [9.17, 15) is 4.79 Å². The lowest BCUT2D eigenvalue weighted by molar-refractivity contribution is 0.994. The minimum absolute atomic E-state index is 0.204. The Kier molecular flexibility index (Phi) is 3.63. The monoisotopic (exact) mass is 204 g/mol. The van der Waals surface area contributed by atoms with Gasteiger partial charge in [0.05, 0.1) is 6.07 Å². The molecule has 5 heteroatoms. The van der Waals surface area contributed by atoms with Gasteiger partial charge in [-0.1, -0.05) is 11.6 Å². The van der Waals surface area contributed by atoms with Gasteiger partial charge in [0.1, 0.15) is 5.82 Å². The summed E-state index contributed by atoms with van der Waals surface area (Å²) in [5.74, 6) is 0.204. The van der Waals surface area contributed by atoms with E-state index in [2.05, 4.69) is 16.0 Å². The van der Waals surface area contributed by atoms with Gasteiger partial charge in [-0.2, -0.15) is 10.2 Å². The van der Waals surface area contributed by atoms with E-state index < -0.39 is 5.69 Å². The van der Waals surface area contributed by atoms with Crippen molar-refractivity contribution >= 4 is 11.9 Å². The highest BCUT2D eigenvalue weighted by Crippen LogP contribution is 2.12. The molecule has 15 heavy (non-hydrogen) atoms. The molecule has 0 saturated carbocycles. The highest BCUT2D eigenvalue weighted by Gasteiger charge is 1.98. The number of hydrogen-bond donors (Lipinski definition) is 2. The fraction of sp³-hybridized carbons (Fsp3) is 0.300. The Morgan fingerprint density at radius 2 is 2.53 bits per heavy atom. The third-order valence-electron chi connectivity index (χ3n) is 1.90. The number of nitrogen functional groups attached to an aromatic ring is 1. The Balaban J connectivity index is 2.89. The van der Waals surface area contributed by atoms with Crippen molar-refractivity contribution in [3.63, 3.8) is 0 Å². The van der Waals surface area contributed by atoms with E-state index in [-0.39, 0.29) is 5.82 Å². The van der Waals surface area contributed by atoms with Crippen molar-refractivity contribution in [2.24, 2.45) is 0 Å². The Morgan fingerprint density at radius 1 is 1.80 bits per heavy atom. The van der Waals surface area contributed by atoms with E-state index in [0.717, 1.165) is 5.57 Å². The Hall–Kier alpha value is -2.09. The highest BCUT2D eigenvalue weighted by atomic mass is 16.1. The van der Waals surface area contributed by atoms with Crippen LogP contribution in [0.25, 0.3) is 6.08 Å². The van der Waals surface area contributed by atoms with E-state index in [0.29, 0.717) is 18.4 Å². The van der Waals surface area contributed by atoms with E-state index in [1.54, 1.807) is 0 Å². The van der Waals surface area contributed by atoms with Gasteiger partial charge in [0.2, 0.25) is 0 Å². The molecule has 0 saturated heterocycles. The van der Waals surface area contributed by atoms with E-state index in [1.807, 2.05) is 13.0 Å². The van der Waals surface area contributed by atoms with Crippen molar-refractivity contribution in [3.8, 4) is 6.07 Å². The minimum atomic E-state index is -0.459. The number of allylic oxidation sites excluding steroid dienone is 1. The molecule has 5 nitrogen and oxygen atoms in total. The zero-order valence-electron chi connectivity index (χ0n) is 8.45. The van der Waals surface area contributed by atoms with Crippen LogP contribution in [-0.4, -0.2) is 9.97 Å². The van der Waals surface area contributed by atoms with E-state index in [1.165, 1.54) is 6.20 Å².